The van der Waals surface area contributed by atoms with Crippen molar-refractivity contribution in [1.82, 2.24) is 0 Å². The largest absolute Gasteiger partial charge is 0.508 e. The molecule has 0 fully saturated rings. The highest BCUT2D eigenvalue weighted by molar-refractivity contribution is 5.71. The van der Waals surface area contributed by atoms with Gasteiger partial charge in [0, 0.05) is 5.56 Å². The molecule has 1 aromatic rings. The second-order valence-corrected chi connectivity index (χ2v) is 6.52. The Kier molecular flexibility index (Phi) is 5.26. The highest BCUT2D eigenvalue weighted by atomic mass is 16.5. The molecule has 2 N–H and O–H groups in total. The molecule has 21 heavy (non-hydrogen) atoms. The monoisotopic (exact) mass is 294 g/mol. The van der Waals surface area contributed by atoms with Crippen molar-refractivity contribution in [3.05, 3.63) is 22.8 Å². The second-order valence-electron chi connectivity index (χ2n) is 6.52. The Morgan fingerprint density at radius 2 is 1.86 bits per heavy atom. The van der Waals surface area contributed by atoms with Crippen molar-refractivity contribution >= 4 is 5.97 Å². The molecule has 0 amide bonds. The molecule has 0 atom stereocenters. The van der Waals surface area contributed by atoms with Gasteiger partial charge in [0.05, 0.1) is 12.5 Å². The maximum atomic E-state index is 11.5. The van der Waals surface area contributed by atoms with Gasteiger partial charge in [-0.15, -0.1) is 0 Å². The fraction of sp³-hybridized carbons (Fsp3) is 0.588. The van der Waals surface area contributed by atoms with E-state index < -0.39 is 5.41 Å². The molecule has 0 unspecified atom stereocenters. The van der Waals surface area contributed by atoms with Gasteiger partial charge < -0.3 is 14.9 Å². The second kappa shape index (κ2) is 6.37. The van der Waals surface area contributed by atoms with Gasteiger partial charge >= 0.3 is 5.97 Å². The average molecular weight is 294 g/mol. The van der Waals surface area contributed by atoms with Crippen molar-refractivity contribution in [1.29, 1.82) is 0 Å². The smallest absolute Gasteiger partial charge is 0.308 e. The van der Waals surface area contributed by atoms with Gasteiger partial charge in [0.15, 0.2) is 0 Å². The molecule has 0 aliphatic carbocycles. The van der Waals surface area contributed by atoms with Crippen molar-refractivity contribution in [2.75, 3.05) is 6.61 Å². The minimum atomic E-state index is -0.406. The molecule has 4 heteroatoms. The zero-order valence-electron chi connectivity index (χ0n) is 13.8. The number of carbonyl (C=O) groups is 1. The van der Waals surface area contributed by atoms with Gasteiger partial charge in [-0.2, -0.15) is 0 Å². The molecular weight excluding hydrogens is 268 g/mol. The number of rotatable bonds is 5. The van der Waals surface area contributed by atoms with Gasteiger partial charge in [-0.05, 0) is 42.9 Å². The first-order valence-corrected chi connectivity index (χ1v) is 7.27. The van der Waals surface area contributed by atoms with Crippen LogP contribution in [0, 0.1) is 19.8 Å². The first-order valence-electron chi connectivity index (χ1n) is 7.27. The van der Waals surface area contributed by atoms with Crippen LogP contribution in [-0.2, 0) is 14.9 Å². The molecule has 0 saturated carbocycles. The standard InChI is InChI=1S/C17H26O4/c1-10(2)16(20)21-8-7-17(5,6)14-12(4)15(19)11(3)9-13(14)18/h9-10,18-19H,7-8H2,1-6H3. The van der Waals surface area contributed by atoms with Gasteiger partial charge in [-0.1, -0.05) is 27.7 Å². The van der Waals surface area contributed by atoms with Crippen LogP contribution in [0.3, 0.4) is 0 Å². The molecule has 118 valence electrons. The summed E-state index contributed by atoms with van der Waals surface area (Å²) >= 11 is 0. The van der Waals surface area contributed by atoms with Crippen molar-refractivity contribution < 1.29 is 19.7 Å². The summed E-state index contributed by atoms with van der Waals surface area (Å²) in [5, 5.41) is 20.3. The lowest BCUT2D eigenvalue weighted by molar-refractivity contribution is -0.147. The molecule has 1 rings (SSSR count). The molecular formula is C17H26O4. The molecule has 0 aliphatic rings. The third kappa shape index (κ3) is 3.90. The third-order valence-corrected chi connectivity index (χ3v) is 3.83. The normalized spacial score (nSPS) is 11.8. The molecule has 1 aromatic carbocycles. The van der Waals surface area contributed by atoms with E-state index in [9.17, 15) is 15.0 Å². The van der Waals surface area contributed by atoms with E-state index in [0.29, 0.717) is 23.1 Å². The Bertz CT molecular complexity index is 530. The van der Waals surface area contributed by atoms with Gasteiger partial charge in [-0.25, -0.2) is 0 Å². The van der Waals surface area contributed by atoms with Crippen molar-refractivity contribution in [3.8, 4) is 11.5 Å². The maximum Gasteiger partial charge on any atom is 0.308 e. The van der Waals surface area contributed by atoms with E-state index in [0.717, 1.165) is 0 Å². The first kappa shape index (κ1) is 17.3. The Morgan fingerprint density at radius 3 is 2.38 bits per heavy atom. The molecule has 4 nitrogen and oxygen atoms in total. The Balaban J connectivity index is 2.93. The van der Waals surface area contributed by atoms with Crippen LogP contribution < -0.4 is 0 Å². The van der Waals surface area contributed by atoms with Crippen LogP contribution in [0.4, 0.5) is 0 Å². The number of esters is 1. The first-order chi connectivity index (χ1) is 9.58. The Morgan fingerprint density at radius 1 is 1.29 bits per heavy atom. The SMILES string of the molecule is Cc1cc(O)c(C(C)(C)CCOC(=O)C(C)C)c(C)c1O. The van der Waals surface area contributed by atoms with E-state index in [4.69, 9.17) is 4.74 Å². The predicted octanol–water partition coefficient (Wildman–Crippen LogP) is 3.58. The number of hydrogen-bond acceptors (Lipinski definition) is 4. The zero-order valence-corrected chi connectivity index (χ0v) is 13.8. The summed E-state index contributed by atoms with van der Waals surface area (Å²) in [5.41, 5.74) is 1.62. The topological polar surface area (TPSA) is 66.8 Å². The highest BCUT2D eigenvalue weighted by Crippen LogP contribution is 2.41. The molecule has 0 spiro atoms. The third-order valence-electron chi connectivity index (χ3n) is 3.83. The molecule has 0 aromatic heterocycles. The van der Waals surface area contributed by atoms with E-state index in [2.05, 4.69) is 0 Å². The van der Waals surface area contributed by atoms with Gasteiger partial charge in [-0.3, -0.25) is 4.79 Å². The summed E-state index contributed by atoms with van der Waals surface area (Å²) in [6.07, 6.45) is 0.572. The van der Waals surface area contributed by atoms with Gasteiger partial charge in [0.2, 0.25) is 0 Å². The summed E-state index contributed by atoms with van der Waals surface area (Å²) in [6.45, 7) is 11.4. The maximum absolute atomic E-state index is 11.5. The summed E-state index contributed by atoms with van der Waals surface area (Å²) in [7, 11) is 0. The number of ether oxygens (including phenoxy) is 1. The van der Waals surface area contributed by atoms with Crippen LogP contribution in [0.25, 0.3) is 0 Å². The number of benzene rings is 1. The molecule has 0 heterocycles. The summed E-state index contributed by atoms with van der Waals surface area (Å²) in [4.78, 5) is 11.5. The van der Waals surface area contributed by atoms with Crippen LogP contribution >= 0.6 is 0 Å². The zero-order chi connectivity index (χ0) is 16.4. The lowest BCUT2D eigenvalue weighted by Gasteiger charge is -2.28. The van der Waals surface area contributed by atoms with E-state index in [1.165, 1.54) is 0 Å². The molecule has 0 bridgehead atoms. The molecule has 0 saturated heterocycles. The number of aryl methyl sites for hydroxylation is 1. The fourth-order valence-corrected chi connectivity index (χ4v) is 2.50. The van der Waals surface area contributed by atoms with Crippen LogP contribution in [0.2, 0.25) is 0 Å². The van der Waals surface area contributed by atoms with Gasteiger partial charge in [0.25, 0.3) is 0 Å². The summed E-state index contributed by atoms with van der Waals surface area (Å²) in [6, 6.07) is 1.57. The number of phenols is 2. The molecule has 0 radical (unpaired) electrons. The van der Waals surface area contributed by atoms with Crippen LogP contribution in [-0.4, -0.2) is 22.8 Å². The lowest BCUT2D eigenvalue weighted by Crippen LogP contribution is -2.23. The highest BCUT2D eigenvalue weighted by Gasteiger charge is 2.28. The Labute approximate surface area is 126 Å². The predicted molar refractivity (Wildman–Crippen MR) is 82.7 cm³/mol. The van der Waals surface area contributed by atoms with E-state index in [-0.39, 0.29) is 30.0 Å². The number of aromatic hydroxyl groups is 2. The minimum Gasteiger partial charge on any atom is -0.508 e. The van der Waals surface area contributed by atoms with Crippen LogP contribution in [0.5, 0.6) is 11.5 Å². The van der Waals surface area contributed by atoms with Crippen molar-refractivity contribution in [2.24, 2.45) is 5.92 Å². The van der Waals surface area contributed by atoms with Gasteiger partial charge in [0.1, 0.15) is 11.5 Å². The lowest BCUT2D eigenvalue weighted by atomic mass is 9.78. The van der Waals surface area contributed by atoms with E-state index in [1.807, 2.05) is 13.8 Å². The summed E-state index contributed by atoms with van der Waals surface area (Å²) < 4.78 is 5.21. The van der Waals surface area contributed by atoms with E-state index >= 15 is 0 Å². The number of phenolic OH excluding ortho intramolecular Hbond substituents is 2. The quantitative estimate of drug-likeness (QED) is 0.643. The van der Waals surface area contributed by atoms with E-state index in [1.54, 1.807) is 33.8 Å². The Hall–Kier alpha value is -1.71. The number of hydrogen-bond donors (Lipinski definition) is 2. The van der Waals surface area contributed by atoms with Crippen molar-refractivity contribution in [3.63, 3.8) is 0 Å². The fourth-order valence-electron chi connectivity index (χ4n) is 2.50. The van der Waals surface area contributed by atoms with Crippen LogP contribution in [0.15, 0.2) is 6.07 Å². The minimum absolute atomic E-state index is 0.147. The summed E-state index contributed by atoms with van der Waals surface area (Å²) in [5.74, 6) is 0.00297. The van der Waals surface area contributed by atoms with Crippen molar-refractivity contribution in [2.45, 2.75) is 53.4 Å². The number of carbonyl (C=O) groups excluding carboxylic acids is 1. The average Bonchev–Trinajstić information content (AvgIpc) is 2.35. The van der Waals surface area contributed by atoms with Crippen LogP contribution in [0.1, 0.15) is 50.8 Å². The molecule has 0 aliphatic heterocycles.